The molecule has 1 unspecified atom stereocenters. The molecule has 0 aliphatic rings. The summed E-state index contributed by atoms with van der Waals surface area (Å²) in [5.74, 6) is 5.01. The third kappa shape index (κ3) is 2.69. The van der Waals surface area contributed by atoms with E-state index in [1.165, 1.54) is 6.26 Å². The molecule has 3 N–H and O–H groups in total. The summed E-state index contributed by atoms with van der Waals surface area (Å²) in [4.78, 5) is 0. The molecule has 5 heteroatoms. The summed E-state index contributed by atoms with van der Waals surface area (Å²) in [7, 11) is 0. The molecule has 17 heavy (non-hydrogen) atoms. The molecule has 0 amide bonds. The highest BCUT2D eigenvalue weighted by molar-refractivity contribution is 5.23. The van der Waals surface area contributed by atoms with Crippen molar-refractivity contribution in [2.24, 2.45) is 5.84 Å². The summed E-state index contributed by atoms with van der Waals surface area (Å²) in [6, 6.07) is 6.22. The van der Waals surface area contributed by atoms with Crippen LogP contribution in [0, 0.1) is 11.6 Å². The predicted molar refractivity (Wildman–Crippen MR) is 58.8 cm³/mol. The van der Waals surface area contributed by atoms with Crippen LogP contribution in [0.5, 0.6) is 0 Å². The van der Waals surface area contributed by atoms with Crippen LogP contribution in [0.1, 0.15) is 17.4 Å². The van der Waals surface area contributed by atoms with Gasteiger partial charge in [-0.15, -0.1) is 0 Å². The molecule has 0 saturated heterocycles. The zero-order chi connectivity index (χ0) is 12.3. The van der Waals surface area contributed by atoms with Gasteiger partial charge in [-0.25, -0.2) is 8.78 Å². The molecular weight excluding hydrogens is 226 g/mol. The average molecular weight is 238 g/mol. The van der Waals surface area contributed by atoms with Gasteiger partial charge in [-0.1, -0.05) is 0 Å². The molecule has 0 aliphatic carbocycles. The van der Waals surface area contributed by atoms with E-state index >= 15 is 0 Å². The Bertz CT molecular complexity index is 485. The topological polar surface area (TPSA) is 51.2 Å². The van der Waals surface area contributed by atoms with Gasteiger partial charge in [0.25, 0.3) is 0 Å². The van der Waals surface area contributed by atoms with Gasteiger partial charge in [0.2, 0.25) is 0 Å². The van der Waals surface area contributed by atoms with Crippen LogP contribution in [0.4, 0.5) is 8.78 Å². The van der Waals surface area contributed by atoms with Gasteiger partial charge in [-0.05, 0) is 30.3 Å². The Labute approximate surface area is 97.2 Å². The Hall–Kier alpha value is -1.72. The van der Waals surface area contributed by atoms with Crippen LogP contribution in [0.2, 0.25) is 0 Å². The van der Waals surface area contributed by atoms with Crippen molar-refractivity contribution in [1.29, 1.82) is 0 Å². The van der Waals surface area contributed by atoms with Crippen molar-refractivity contribution in [2.75, 3.05) is 0 Å². The number of rotatable bonds is 4. The van der Waals surface area contributed by atoms with Gasteiger partial charge in [0.1, 0.15) is 17.4 Å². The molecule has 1 aromatic heterocycles. The molecule has 2 rings (SSSR count). The first-order valence-corrected chi connectivity index (χ1v) is 5.14. The lowest BCUT2D eigenvalue weighted by atomic mass is 10.0. The maximum Gasteiger partial charge on any atom is 0.128 e. The van der Waals surface area contributed by atoms with Crippen LogP contribution in [0.3, 0.4) is 0 Å². The van der Waals surface area contributed by atoms with Gasteiger partial charge >= 0.3 is 0 Å². The number of furan rings is 1. The summed E-state index contributed by atoms with van der Waals surface area (Å²) in [6.45, 7) is 0. The van der Waals surface area contributed by atoms with Crippen molar-refractivity contribution in [1.82, 2.24) is 5.43 Å². The molecule has 0 radical (unpaired) electrons. The second kappa shape index (κ2) is 5.07. The summed E-state index contributed by atoms with van der Waals surface area (Å²) >= 11 is 0. The van der Waals surface area contributed by atoms with E-state index in [0.717, 1.165) is 18.2 Å². The van der Waals surface area contributed by atoms with Crippen molar-refractivity contribution in [3.63, 3.8) is 0 Å². The van der Waals surface area contributed by atoms with Gasteiger partial charge < -0.3 is 4.42 Å². The first-order valence-electron chi connectivity index (χ1n) is 5.14. The van der Waals surface area contributed by atoms with Gasteiger partial charge in [0.15, 0.2) is 0 Å². The zero-order valence-electron chi connectivity index (χ0n) is 8.99. The lowest BCUT2D eigenvalue weighted by Gasteiger charge is -2.15. The Morgan fingerprint density at radius 1 is 1.29 bits per heavy atom. The van der Waals surface area contributed by atoms with Crippen LogP contribution in [-0.2, 0) is 6.42 Å². The minimum Gasteiger partial charge on any atom is -0.469 e. The standard InChI is InChI=1S/C12H12F2N2O/c13-8-3-4-11(14)10(6-8)12(16-15)7-9-2-1-5-17-9/h1-6,12,16H,7,15H2. The summed E-state index contributed by atoms with van der Waals surface area (Å²) in [6.07, 6.45) is 1.87. The summed E-state index contributed by atoms with van der Waals surface area (Å²) in [5, 5.41) is 0. The van der Waals surface area contributed by atoms with Crippen LogP contribution < -0.4 is 11.3 Å². The van der Waals surface area contributed by atoms with Crippen LogP contribution in [0.25, 0.3) is 0 Å². The fraction of sp³-hybridized carbons (Fsp3) is 0.167. The summed E-state index contributed by atoms with van der Waals surface area (Å²) in [5.41, 5.74) is 2.64. The number of hydrazine groups is 1. The highest BCUT2D eigenvalue weighted by Gasteiger charge is 2.17. The van der Waals surface area contributed by atoms with Gasteiger partial charge in [0.05, 0.1) is 12.3 Å². The predicted octanol–water partition coefficient (Wildman–Crippen LogP) is 2.30. The van der Waals surface area contributed by atoms with E-state index in [0.29, 0.717) is 12.2 Å². The number of nitrogens with one attached hydrogen (secondary N) is 1. The number of halogens is 2. The molecule has 1 atom stereocenters. The van der Waals surface area contributed by atoms with Gasteiger partial charge in [0, 0.05) is 12.0 Å². The Morgan fingerprint density at radius 2 is 2.12 bits per heavy atom. The number of hydrogen-bond donors (Lipinski definition) is 2. The van der Waals surface area contributed by atoms with Crippen molar-refractivity contribution >= 4 is 0 Å². The highest BCUT2D eigenvalue weighted by Crippen LogP contribution is 2.21. The van der Waals surface area contributed by atoms with Gasteiger partial charge in [-0.3, -0.25) is 11.3 Å². The van der Waals surface area contributed by atoms with Crippen molar-refractivity contribution in [3.8, 4) is 0 Å². The fourth-order valence-corrected chi connectivity index (χ4v) is 1.67. The number of benzene rings is 1. The minimum atomic E-state index is -0.531. The maximum atomic E-state index is 13.5. The van der Waals surface area contributed by atoms with E-state index in [-0.39, 0.29) is 5.56 Å². The average Bonchev–Trinajstić information content (AvgIpc) is 2.82. The first kappa shape index (κ1) is 11.8. The van der Waals surface area contributed by atoms with Crippen molar-refractivity contribution in [2.45, 2.75) is 12.5 Å². The van der Waals surface area contributed by atoms with E-state index in [1.54, 1.807) is 12.1 Å². The molecule has 1 heterocycles. The minimum absolute atomic E-state index is 0.184. The molecule has 0 saturated carbocycles. The molecule has 0 spiro atoms. The van der Waals surface area contributed by atoms with Gasteiger partial charge in [-0.2, -0.15) is 0 Å². The fourth-order valence-electron chi connectivity index (χ4n) is 1.67. The molecule has 1 aromatic carbocycles. The van der Waals surface area contributed by atoms with Crippen LogP contribution >= 0.6 is 0 Å². The first-order chi connectivity index (χ1) is 8.20. The molecule has 2 aromatic rings. The number of hydrogen-bond acceptors (Lipinski definition) is 3. The second-order valence-corrected chi connectivity index (χ2v) is 3.67. The van der Waals surface area contributed by atoms with Crippen LogP contribution in [0.15, 0.2) is 41.0 Å². The van der Waals surface area contributed by atoms with Crippen molar-refractivity contribution < 1.29 is 13.2 Å². The maximum absolute atomic E-state index is 13.5. The SMILES string of the molecule is NNC(Cc1ccco1)c1cc(F)ccc1F. The zero-order valence-corrected chi connectivity index (χ0v) is 8.99. The van der Waals surface area contributed by atoms with E-state index in [9.17, 15) is 8.78 Å². The Kier molecular flexibility index (Phi) is 3.51. The smallest absolute Gasteiger partial charge is 0.128 e. The van der Waals surface area contributed by atoms with E-state index in [1.807, 2.05) is 0 Å². The normalized spacial score (nSPS) is 12.6. The third-order valence-electron chi connectivity index (χ3n) is 2.52. The molecule has 0 fully saturated rings. The lowest BCUT2D eigenvalue weighted by Crippen LogP contribution is -2.30. The summed E-state index contributed by atoms with van der Waals surface area (Å²) < 4.78 is 31.8. The largest absolute Gasteiger partial charge is 0.469 e. The van der Waals surface area contributed by atoms with E-state index < -0.39 is 17.7 Å². The van der Waals surface area contributed by atoms with E-state index in [2.05, 4.69) is 5.43 Å². The molecule has 0 bridgehead atoms. The Balaban J connectivity index is 2.25. The van der Waals surface area contributed by atoms with E-state index in [4.69, 9.17) is 10.3 Å². The quantitative estimate of drug-likeness (QED) is 0.634. The highest BCUT2D eigenvalue weighted by atomic mass is 19.1. The lowest BCUT2D eigenvalue weighted by molar-refractivity contribution is 0.441. The second-order valence-electron chi connectivity index (χ2n) is 3.67. The molecule has 0 aliphatic heterocycles. The molecule has 90 valence electrons. The third-order valence-corrected chi connectivity index (χ3v) is 2.52. The number of nitrogens with two attached hydrogens (primary N) is 1. The molecule has 3 nitrogen and oxygen atoms in total. The monoisotopic (exact) mass is 238 g/mol. The molecular formula is C12H12F2N2O. The Morgan fingerprint density at radius 3 is 2.76 bits per heavy atom. The van der Waals surface area contributed by atoms with Crippen molar-refractivity contribution in [3.05, 3.63) is 59.6 Å². The van der Waals surface area contributed by atoms with Crippen LogP contribution in [-0.4, -0.2) is 0 Å².